The second-order valence-corrected chi connectivity index (χ2v) is 8.85. The number of hydrogen-bond donors (Lipinski definition) is 2. The van der Waals surface area contributed by atoms with Gasteiger partial charge in [-0.15, -0.1) is 0 Å². The van der Waals surface area contributed by atoms with Crippen LogP contribution in [0.3, 0.4) is 0 Å². The van der Waals surface area contributed by atoms with E-state index in [1.807, 2.05) is 4.90 Å². The van der Waals surface area contributed by atoms with Crippen LogP contribution in [0.4, 0.5) is 10.1 Å². The number of rotatable bonds is 5. The van der Waals surface area contributed by atoms with Gasteiger partial charge in [-0.25, -0.2) is 9.18 Å². The normalized spacial score (nSPS) is 20.4. The molecule has 0 amide bonds. The van der Waals surface area contributed by atoms with Gasteiger partial charge in [-0.05, 0) is 45.1 Å². The van der Waals surface area contributed by atoms with E-state index in [1.54, 1.807) is 13.8 Å². The molecule has 8 nitrogen and oxygen atoms in total. The third kappa shape index (κ3) is 3.16. The molecule has 2 aliphatic rings. The zero-order chi connectivity index (χ0) is 21.8. The molecule has 3 N–H and O–H groups in total. The lowest BCUT2D eigenvalue weighted by atomic mass is 9.79. The van der Waals surface area contributed by atoms with Gasteiger partial charge in [-0.2, -0.15) is 5.26 Å². The number of hydrogen-bond acceptors (Lipinski definition) is 6. The number of benzene rings is 1. The van der Waals surface area contributed by atoms with E-state index in [2.05, 4.69) is 11.1 Å². The molecule has 1 aromatic heterocycles. The highest BCUT2D eigenvalue weighted by Gasteiger charge is 2.39. The van der Waals surface area contributed by atoms with Crippen molar-refractivity contribution in [1.29, 1.82) is 5.26 Å². The molecule has 0 bridgehead atoms. The summed E-state index contributed by atoms with van der Waals surface area (Å²) in [7, 11) is 1.42. The summed E-state index contributed by atoms with van der Waals surface area (Å²) in [6.07, 6.45) is 2.35. The Morgan fingerprint density at radius 1 is 1.37 bits per heavy atom. The fraction of sp³-hybridized carbons (Fsp3) is 0.571. The number of aromatic nitrogens is 2. The van der Waals surface area contributed by atoms with Gasteiger partial charge in [0.2, 0.25) is 0 Å². The minimum absolute atomic E-state index is 0.00394. The molecular formula is C21H26FN5O3. The van der Waals surface area contributed by atoms with Crippen LogP contribution in [-0.4, -0.2) is 35.8 Å². The molecule has 1 aliphatic carbocycles. The first-order valence-electron chi connectivity index (χ1n) is 10.2. The second kappa shape index (κ2) is 7.13. The Kier molecular flexibility index (Phi) is 4.85. The molecule has 9 heteroatoms. The van der Waals surface area contributed by atoms with Crippen LogP contribution < -0.4 is 26.6 Å². The zero-order valence-corrected chi connectivity index (χ0v) is 17.4. The van der Waals surface area contributed by atoms with Crippen molar-refractivity contribution in [2.45, 2.75) is 45.2 Å². The monoisotopic (exact) mass is 415 g/mol. The fourth-order valence-corrected chi connectivity index (χ4v) is 4.46. The Bertz CT molecular complexity index is 1160. The largest absolute Gasteiger partial charge is 0.492 e. The molecule has 4 rings (SSSR count). The molecule has 1 saturated carbocycles. The van der Waals surface area contributed by atoms with Crippen LogP contribution in [0, 0.1) is 28.5 Å². The lowest BCUT2D eigenvalue weighted by Gasteiger charge is -2.30. The number of fused-ring (bicyclic) bond motifs is 1. The maximum absolute atomic E-state index is 15.2. The van der Waals surface area contributed by atoms with Crippen molar-refractivity contribution >= 4 is 16.6 Å². The number of methoxy groups -OCH3 is 1. The van der Waals surface area contributed by atoms with E-state index in [-0.39, 0.29) is 34.8 Å². The quantitative estimate of drug-likeness (QED) is 0.770. The lowest BCUT2D eigenvalue weighted by molar-refractivity contribution is 0.293. The minimum atomic E-state index is -0.702. The molecule has 2 heterocycles. The highest BCUT2D eigenvalue weighted by atomic mass is 19.1. The van der Waals surface area contributed by atoms with E-state index in [9.17, 15) is 14.9 Å². The van der Waals surface area contributed by atoms with Gasteiger partial charge in [0.25, 0.3) is 5.56 Å². The van der Waals surface area contributed by atoms with Crippen molar-refractivity contribution in [3.63, 3.8) is 0 Å². The van der Waals surface area contributed by atoms with E-state index in [0.717, 1.165) is 12.8 Å². The smallest absolute Gasteiger partial charge is 0.329 e. The SMILES string of the molecule is COc1c(N2CCC(C(N)C(C)(C)C#N)C2)c(F)cc2c(=O)[nH]c(=O)n(C3CC3)c12. The summed E-state index contributed by atoms with van der Waals surface area (Å²) < 4.78 is 22.3. The highest BCUT2D eigenvalue weighted by Crippen LogP contribution is 2.44. The molecule has 0 spiro atoms. The molecule has 30 heavy (non-hydrogen) atoms. The molecule has 1 aliphatic heterocycles. The molecule has 0 radical (unpaired) electrons. The number of nitrogens with two attached hydrogens (primary N) is 1. The summed E-state index contributed by atoms with van der Waals surface area (Å²) >= 11 is 0. The molecule has 2 unspecified atom stereocenters. The number of nitrogens with one attached hydrogen (secondary N) is 1. The second-order valence-electron chi connectivity index (χ2n) is 8.85. The van der Waals surface area contributed by atoms with Gasteiger partial charge in [0.15, 0.2) is 11.6 Å². The number of ether oxygens (including phenoxy) is 1. The van der Waals surface area contributed by atoms with Crippen molar-refractivity contribution in [3.8, 4) is 11.8 Å². The van der Waals surface area contributed by atoms with Crippen LogP contribution in [0.5, 0.6) is 5.75 Å². The third-order valence-corrected chi connectivity index (χ3v) is 6.39. The predicted molar refractivity (Wildman–Crippen MR) is 111 cm³/mol. The van der Waals surface area contributed by atoms with E-state index in [1.165, 1.54) is 17.7 Å². The highest BCUT2D eigenvalue weighted by molar-refractivity contribution is 5.91. The van der Waals surface area contributed by atoms with Gasteiger partial charge >= 0.3 is 5.69 Å². The molecule has 1 saturated heterocycles. The molecule has 2 fully saturated rings. The maximum Gasteiger partial charge on any atom is 0.329 e. The van der Waals surface area contributed by atoms with Gasteiger partial charge in [-0.3, -0.25) is 14.3 Å². The van der Waals surface area contributed by atoms with Gasteiger partial charge in [0.05, 0.1) is 24.0 Å². The summed E-state index contributed by atoms with van der Waals surface area (Å²) in [5.74, 6) is -0.391. The summed E-state index contributed by atoms with van der Waals surface area (Å²) in [5.41, 5.74) is 5.07. The zero-order valence-electron chi connectivity index (χ0n) is 17.4. The third-order valence-electron chi connectivity index (χ3n) is 6.39. The fourth-order valence-electron chi connectivity index (χ4n) is 4.46. The topological polar surface area (TPSA) is 117 Å². The Labute approximate surface area is 173 Å². The molecule has 1 aromatic carbocycles. The molecule has 160 valence electrons. The molecular weight excluding hydrogens is 389 g/mol. The van der Waals surface area contributed by atoms with Crippen LogP contribution in [0.2, 0.25) is 0 Å². The van der Waals surface area contributed by atoms with E-state index < -0.39 is 22.5 Å². The number of H-pyrrole nitrogens is 1. The summed E-state index contributed by atoms with van der Waals surface area (Å²) in [5, 5.41) is 9.50. The lowest BCUT2D eigenvalue weighted by Crippen LogP contribution is -2.43. The van der Waals surface area contributed by atoms with Gasteiger partial charge in [0.1, 0.15) is 11.2 Å². The predicted octanol–water partition coefficient (Wildman–Crippen LogP) is 1.88. The van der Waals surface area contributed by atoms with Crippen molar-refractivity contribution in [2.24, 2.45) is 17.1 Å². The molecule has 2 aromatic rings. The Morgan fingerprint density at radius 3 is 2.67 bits per heavy atom. The van der Waals surface area contributed by atoms with Crippen molar-refractivity contribution < 1.29 is 9.13 Å². The number of anilines is 1. The van der Waals surface area contributed by atoms with Gasteiger partial charge < -0.3 is 15.4 Å². The first-order valence-corrected chi connectivity index (χ1v) is 10.2. The first kappa shape index (κ1) is 20.4. The van der Waals surface area contributed by atoms with Crippen LogP contribution in [0.15, 0.2) is 15.7 Å². The number of nitrogens with zero attached hydrogens (tertiary/aromatic N) is 3. The number of aromatic amines is 1. The van der Waals surface area contributed by atoms with Gasteiger partial charge in [-0.1, -0.05) is 0 Å². The van der Waals surface area contributed by atoms with Crippen LogP contribution in [0.25, 0.3) is 10.9 Å². The minimum Gasteiger partial charge on any atom is -0.492 e. The number of halogens is 1. The Morgan fingerprint density at radius 2 is 2.07 bits per heavy atom. The van der Waals surface area contributed by atoms with E-state index in [0.29, 0.717) is 25.0 Å². The van der Waals surface area contributed by atoms with Crippen LogP contribution in [-0.2, 0) is 0 Å². The van der Waals surface area contributed by atoms with Crippen molar-refractivity contribution in [3.05, 3.63) is 32.7 Å². The number of nitriles is 1. The standard InChI is InChI=1S/C21H26FN5O3/c1-21(2,10-23)18(24)11-6-7-26(9-11)16-14(22)8-13-15(17(16)30-3)27(12-4-5-12)20(29)25-19(13)28/h8,11-12,18H,4-7,9,24H2,1-3H3,(H,25,28,29). The van der Waals surface area contributed by atoms with Crippen molar-refractivity contribution in [2.75, 3.05) is 25.1 Å². The Balaban J connectivity index is 1.84. The van der Waals surface area contributed by atoms with E-state index in [4.69, 9.17) is 10.5 Å². The van der Waals surface area contributed by atoms with Crippen LogP contribution >= 0.6 is 0 Å². The Hall–Kier alpha value is -2.86. The van der Waals surface area contributed by atoms with Gasteiger partial charge in [0, 0.05) is 25.2 Å². The van der Waals surface area contributed by atoms with E-state index >= 15 is 4.39 Å². The first-order chi connectivity index (χ1) is 14.2. The summed E-state index contributed by atoms with van der Waals surface area (Å²) in [6.45, 7) is 4.60. The summed E-state index contributed by atoms with van der Waals surface area (Å²) in [4.78, 5) is 29.0. The average Bonchev–Trinajstić information content (AvgIpc) is 3.42. The van der Waals surface area contributed by atoms with Crippen molar-refractivity contribution in [1.82, 2.24) is 9.55 Å². The van der Waals surface area contributed by atoms with Crippen LogP contribution in [0.1, 0.15) is 39.2 Å². The molecule has 2 atom stereocenters. The average molecular weight is 415 g/mol. The summed E-state index contributed by atoms with van der Waals surface area (Å²) in [6, 6.07) is 3.04. The maximum atomic E-state index is 15.2.